The molecule has 0 spiro atoms. The van der Waals surface area contributed by atoms with E-state index in [1.807, 2.05) is 13.8 Å². The predicted molar refractivity (Wildman–Crippen MR) is 87.1 cm³/mol. The Morgan fingerprint density at radius 2 is 2.05 bits per heavy atom. The maximum atomic E-state index is 8.87. The first-order chi connectivity index (χ1) is 9.89. The van der Waals surface area contributed by atoms with Gasteiger partial charge in [0.25, 0.3) is 0 Å². The zero-order valence-corrected chi connectivity index (χ0v) is 14.5. The van der Waals surface area contributed by atoms with Crippen LogP contribution >= 0.6 is 0 Å². The maximum Gasteiger partial charge on any atom is 0.163 e. The molecule has 1 rings (SSSR count). The highest BCUT2D eigenvalue weighted by Crippen LogP contribution is 2.32. The monoisotopic (exact) mass is 298 g/mol. The molecule has 0 aromatic heterocycles. The fourth-order valence-electron chi connectivity index (χ4n) is 2.82. The van der Waals surface area contributed by atoms with Gasteiger partial charge in [-0.15, -0.1) is 0 Å². The van der Waals surface area contributed by atoms with Gasteiger partial charge in [-0.2, -0.15) is 0 Å². The van der Waals surface area contributed by atoms with Gasteiger partial charge < -0.3 is 14.6 Å². The number of hydrogen-bond acceptors (Lipinski definition) is 3. The molecule has 0 aliphatic carbocycles. The molecule has 4 atom stereocenters. The lowest BCUT2D eigenvalue weighted by molar-refractivity contribution is -0.295. The van der Waals surface area contributed by atoms with E-state index < -0.39 is 5.79 Å². The van der Waals surface area contributed by atoms with Gasteiger partial charge in [0.2, 0.25) is 0 Å². The van der Waals surface area contributed by atoms with Gasteiger partial charge in [0.05, 0.1) is 12.7 Å². The van der Waals surface area contributed by atoms with Crippen molar-refractivity contribution in [3.8, 4) is 0 Å². The Morgan fingerprint density at radius 1 is 1.33 bits per heavy atom. The van der Waals surface area contributed by atoms with Crippen LogP contribution in [0.3, 0.4) is 0 Å². The smallest absolute Gasteiger partial charge is 0.163 e. The van der Waals surface area contributed by atoms with Gasteiger partial charge in [-0.1, -0.05) is 39.3 Å². The van der Waals surface area contributed by atoms with Crippen molar-refractivity contribution >= 4 is 0 Å². The van der Waals surface area contributed by atoms with Crippen molar-refractivity contribution in [2.45, 2.75) is 72.2 Å². The van der Waals surface area contributed by atoms with Crippen LogP contribution in [0.25, 0.3) is 0 Å². The van der Waals surface area contributed by atoms with Crippen molar-refractivity contribution in [2.75, 3.05) is 13.2 Å². The minimum atomic E-state index is -0.465. The molecular weight excluding hydrogens is 264 g/mol. The molecule has 21 heavy (non-hydrogen) atoms. The molecule has 3 heteroatoms. The number of aliphatic hydroxyl groups is 1. The van der Waals surface area contributed by atoms with Crippen LogP contribution in [0.4, 0.5) is 0 Å². The van der Waals surface area contributed by atoms with Crippen molar-refractivity contribution in [2.24, 2.45) is 17.8 Å². The average Bonchev–Trinajstić information content (AvgIpc) is 2.45. The first-order valence-corrected chi connectivity index (χ1v) is 8.49. The Kier molecular flexibility index (Phi) is 7.93. The third kappa shape index (κ3) is 6.50. The first-order valence-electron chi connectivity index (χ1n) is 8.49. The lowest BCUT2D eigenvalue weighted by Gasteiger charge is -2.42. The molecule has 0 saturated carbocycles. The Hall–Kier alpha value is -0.380. The molecule has 124 valence electrons. The van der Waals surface area contributed by atoms with Crippen LogP contribution in [-0.4, -0.2) is 30.2 Å². The van der Waals surface area contributed by atoms with Crippen LogP contribution < -0.4 is 0 Å². The molecule has 0 aromatic rings. The Balaban J connectivity index is 2.54. The van der Waals surface area contributed by atoms with Crippen molar-refractivity contribution in [3.05, 3.63) is 12.2 Å². The third-order valence-corrected chi connectivity index (χ3v) is 4.45. The van der Waals surface area contributed by atoms with Crippen molar-refractivity contribution < 1.29 is 14.6 Å². The number of allylic oxidation sites excluding steroid dienone is 1. The Bertz CT molecular complexity index is 312. The second-order valence-corrected chi connectivity index (χ2v) is 6.98. The van der Waals surface area contributed by atoms with Crippen LogP contribution in [0.2, 0.25) is 0 Å². The topological polar surface area (TPSA) is 38.7 Å². The van der Waals surface area contributed by atoms with E-state index in [-0.39, 0.29) is 6.10 Å². The lowest BCUT2D eigenvalue weighted by atomic mass is 9.88. The van der Waals surface area contributed by atoms with Crippen LogP contribution in [0, 0.1) is 17.8 Å². The minimum Gasteiger partial charge on any atom is -0.396 e. The summed E-state index contributed by atoms with van der Waals surface area (Å²) in [5.74, 6) is 1.04. The summed E-state index contributed by atoms with van der Waals surface area (Å²) in [6.45, 7) is 11.7. The van der Waals surface area contributed by atoms with Crippen molar-refractivity contribution in [1.82, 2.24) is 0 Å². The van der Waals surface area contributed by atoms with Gasteiger partial charge in [0, 0.05) is 12.5 Å². The van der Waals surface area contributed by atoms with E-state index in [1.54, 1.807) is 0 Å². The fourth-order valence-corrected chi connectivity index (χ4v) is 2.82. The number of aliphatic hydroxyl groups excluding tert-OH is 1. The van der Waals surface area contributed by atoms with E-state index in [2.05, 4.69) is 32.9 Å². The van der Waals surface area contributed by atoms with Crippen LogP contribution in [0.15, 0.2) is 12.2 Å². The second-order valence-electron chi connectivity index (χ2n) is 6.98. The zero-order valence-electron chi connectivity index (χ0n) is 14.5. The first kappa shape index (κ1) is 18.7. The van der Waals surface area contributed by atoms with Crippen molar-refractivity contribution in [1.29, 1.82) is 0 Å². The molecular formula is C18H34O3. The van der Waals surface area contributed by atoms with Gasteiger partial charge in [-0.3, -0.25) is 0 Å². The molecule has 0 amide bonds. The second kappa shape index (κ2) is 8.92. The molecule has 0 radical (unpaired) electrons. The number of hydrogen-bond donors (Lipinski definition) is 1. The van der Waals surface area contributed by atoms with E-state index in [0.29, 0.717) is 24.4 Å². The predicted octanol–water partition coefficient (Wildman–Crippen LogP) is 4.16. The molecule has 1 aliphatic heterocycles. The van der Waals surface area contributed by atoms with Crippen LogP contribution in [0.5, 0.6) is 0 Å². The van der Waals surface area contributed by atoms with Crippen LogP contribution in [-0.2, 0) is 9.47 Å². The normalized spacial score (nSPS) is 28.7. The maximum absolute atomic E-state index is 8.87. The van der Waals surface area contributed by atoms with Gasteiger partial charge in [0.1, 0.15) is 0 Å². The van der Waals surface area contributed by atoms with Gasteiger partial charge in [-0.25, -0.2) is 0 Å². The van der Waals surface area contributed by atoms with E-state index in [4.69, 9.17) is 14.6 Å². The van der Waals surface area contributed by atoms with Crippen molar-refractivity contribution in [3.63, 3.8) is 0 Å². The number of ether oxygens (including phenoxy) is 2. The van der Waals surface area contributed by atoms with E-state index in [9.17, 15) is 0 Å². The highest BCUT2D eigenvalue weighted by Gasteiger charge is 2.37. The lowest BCUT2D eigenvalue weighted by Crippen LogP contribution is -2.47. The molecule has 1 saturated heterocycles. The highest BCUT2D eigenvalue weighted by atomic mass is 16.7. The van der Waals surface area contributed by atoms with E-state index in [1.165, 1.54) is 0 Å². The third-order valence-electron chi connectivity index (χ3n) is 4.45. The van der Waals surface area contributed by atoms with Gasteiger partial charge in [-0.05, 0) is 44.9 Å². The Labute approximate surface area is 130 Å². The van der Waals surface area contributed by atoms with Gasteiger partial charge in [0.15, 0.2) is 5.79 Å². The fraction of sp³-hybridized carbons (Fsp3) is 0.889. The van der Waals surface area contributed by atoms with Crippen LogP contribution in [0.1, 0.15) is 60.3 Å². The summed E-state index contributed by atoms with van der Waals surface area (Å²) < 4.78 is 12.0. The quantitative estimate of drug-likeness (QED) is 0.684. The highest BCUT2D eigenvalue weighted by molar-refractivity contribution is 4.96. The summed E-state index contributed by atoms with van der Waals surface area (Å²) in [5.41, 5.74) is 0. The standard InChI is InChI=1S/C18H34O3/c1-6-15(3)17-16(13-20-18(4,5)21-17)11-7-9-14(2)10-8-12-19/h7,11,14-17,19H,6,8-10,12-13H2,1-5H3/b11-7+/t14-,15-,16-,17+/m0/s1. The largest absolute Gasteiger partial charge is 0.396 e. The molecule has 0 aromatic carbocycles. The molecule has 1 fully saturated rings. The molecule has 1 heterocycles. The average molecular weight is 298 g/mol. The van der Waals surface area contributed by atoms with Gasteiger partial charge >= 0.3 is 0 Å². The number of rotatable bonds is 8. The Morgan fingerprint density at radius 3 is 2.67 bits per heavy atom. The molecule has 1 N–H and O–H groups in total. The van der Waals surface area contributed by atoms with E-state index >= 15 is 0 Å². The molecule has 0 unspecified atom stereocenters. The SMILES string of the molecule is CC[C@H](C)[C@H]1OC(C)(C)OC[C@@H]1/C=C/C[C@H](C)CCCO. The molecule has 3 nitrogen and oxygen atoms in total. The summed E-state index contributed by atoms with van der Waals surface area (Å²) in [6, 6.07) is 0. The minimum absolute atomic E-state index is 0.239. The summed E-state index contributed by atoms with van der Waals surface area (Å²) in [6.07, 6.45) is 8.96. The van der Waals surface area contributed by atoms with E-state index in [0.717, 1.165) is 32.3 Å². The summed E-state index contributed by atoms with van der Waals surface area (Å²) in [7, 11) is 0. The zero-order chi connectivity index (χ0) is 15.9. The molecule has 0 bridgehead atoms. The molecule has 1 aliphatic rings. The summed E-state index contributed by atoms with van der Waals surface area (Å²) in [4.78, 5) is 0. The summed E-state index contributed by atoms with van der Waals surface area (Å²) in [5, 5.41) is 8.87. The summed E-state index contributed by atoms with van der Waals surface area (Å²) >= 11 is 0.